The monoisotopic (exact) mass is 1520 g/mol. The lowest BCUT2D eigenvalue weighted by molar-refractivity contribution is -0.159. The molecule has 1 aromatic heterocycles. The van der Waals surface area contributed by atoms with Crippen molar-refractivity contribution < 1.29 is 62.8 Å². The van der Waals surface area contributed by atoms with Crippen molar-refractivity contribution in [2.24, 2.45) is 16.2 Å². The minimum Gasteiger partial charge on any atom is -0.380 e. The van der Waals surface area contributed by atoms with Gasteiger partial charge in [-0.1, -0.05) is 94.8 Å². The summed E-state index contributed by atoms with van der Waals surface area (Å²) in [7, 11) is -11.1. The number of aryl methyl sites for hydroxylation is 1. The zero-order valence-electron chi connectivity index (χ0n) is 60.3. The van der Waals surface area contributed by atoms with Gasteiger partial charge in [0.15, 0.2) is 0 Å². The number of nitrogens with zero attached hydrogens (tertiary/aromatic N) is 6. The molecule has 1 spiro atoms. The highest BCUT2D eigenvalue weighted by molar-refractivity contribution is 7.99. The number of hydrogen-bond donors (Lipinski definition) is 4. The Morgan fingerprint density at radius 1 is 0.808 bits per heavy atom. The second-order valence-corrected chi connectivity index (χ2v) is 36.0. The number of sulfone groups is 1. The van der Waals surface area contributed by atoms with Crippen LogP contribution >= 0.6 is 23.1 Å². The van der Waals surface area contributed by atoms with Crippen LogP contribution in [0.1, 0.15) is 146 Å². The Balaban J connectivity index is 0.685. The summed E-state index contributed by atoms with van der Waals surface area (Å²) in [6.45, 7) is 24.1. The average Bonchev–Trinajstić information content (AvgIpc) is 0.855. The summed E-state index contributed by atoms with van der Waals surface area (Å²) in [4.78, 5) is 82.6. The van der Waals surface area contributed by atoms with Crippen LogP contribution < -0.4 is 25.6 Å². The lowest BCUT2D eigenvalue weighted by atomic mass is 9.72. The van der Waals surface area contributed by atoms with Crippen molar-refractivity contribution in [3.8, 4) is 10.4 Å². The molecule has 564 valence electrons. The van der Waals surface area contributed by atoms with Gasteiger partial charge in [-0.2, -0.15) is 13.2 Å². The summed E-state index contributed by atoms with van der Waals surface area (Å²) >= 11 is 2.97. The fourth-order valence-electron chi connectivity index (χ4n) is 14.6. The van der Waals surface area contributed by atoms with E-state index in [1.165, 1.54) is 35.0 Å². The summed E-state index contributed by atoms with van der Waals surface area (Å²) in [6.07, 6.45) is 3.66. The van der Waals surface area contributed by atoms with Crippen molar-refractivity contribution in [3.63, 3.8) is 0 Å². The van der Waals surface area contributed by atoms with E-state index in [4.69, 9.17) is 0 Å². The van der Waals surface area contributed by atoms with Gasteiger partial charge in [0.1, 0.15) is 17.0 Å². The Labute approximate surface area is 616 Å². The van der Waals surface area contributed by atoms with Gasteiger partial charge in [0, 0.05) is 118 Å². The molecule has 4 aromatic carbocycles. The molecule has 4 N–H and O–H groups in total. The van der Waals surface area contributed by atoms with E-state index in [1.807, 2.05) is 99.4 Å². The first-order chi connectivity index (χ1) is 49.1. The number of allylic oxidation sites excluding steroid dienone is 2. The lowest BCUT2D eigenvalue weighted by Crippen LogP contribution is -2.72. The number of aromatic nitrogens is 1. The van der Waals surface area contributed by atoms with Crippen LogP contribution in [0.2, 0.25) is 0 Å². The fourth-order valence-corrected chi connectivity index (χ4v) is 18.4. The molecule has 4 atom stereocenters. The molecule has 4 saturated heterocycles. The van der Waals surface area contributed by atoms with Crippen molar-refractivity contribution in [2.75, 3.05) is 88.0 Å². The summed E-state index contributed by atoms with van der Waals surface area (Å²) in [6, 6.07) is 23.2. The molecular formula is C76H97F5N10O9S4. The predicted molar refractivity (Wildman–Crippen MR) is 397 cm³/mol. The van der Waals surface area contributed by atoms with E-state index < -0.39 is 76.7 Å². The molecule has 28 heteroatoms. The van der Waals surface area contributed by atoms with Crippen LogP contribution in [0.4, 0.5) is 33.3 Å². The third-order valence-electron chi connectivity index (χ3n) is 20.7. The smallest absolute Gasteiger partial charge is 0.380 e. The number of rotatable bonds is 30. The third-order valence-corrected chi connectivity index (χ3v) is 25.7. The number of carbonyl (C=O) groups excluding carboxylic acids is 5. The number of benzene rings is 4. The Bertz CT molecular complexity index is 4170. The van der Waals surface area contributed by atoms with Crippen LogP contribution in [0.15, 0.2) is 141 Å². The molecule has 5 aromatic rings. The number of hydrogen-bond acceptors (Lipinski definition) is 16. The van der Waals surface area contributed by atoms with Crippen molar-refractivity contribution in [2.45, 2.75) is 176 Å². The first-order valence-electron chi connectivity index (χ1n) is 35.7. The van der Waals surface area contributed by atoms with Crippen LogP contribution in [0.25, 0.3) is 10.4 Å². The number of carbonyl (C=O) groups is 5. The largest absolute Gasteiger partial charge is 0.501 e. The zero-order valence-corrected chi connectivity index (χ0v) is 63.5. The minimum absolute atomic E-state index is 0.0459. The molecule has 4 aliphatic heterocycles. The van der Waals surface area contributed by atoms with Gasteiger partial charge in [-0.25, -0.2) is 35.3 Å². The molecule has 0 radical (unpaired) electrons. The van der Waals surface area contributed by atoms with E-state index in [0.717, 1.165) is 70.2 Å². The highest BCUT2D eigenvalue weighted by Gasteiger charge is 2.53. The van der Waals surface area contributed by atoms with Gasteiger partial charge in [-0.15, -0.1) is 23.1 Å². The molecule has 104 heavy (non-hydrogen) atoms. The van der Waals surface area contributed by atoms with Gasteiger partial charge in [-0.3, -0.25) is 28.9 Å². The van der Waals surface area contributed by atoms with Gasteiger partial charge >= 0.3 is 5.51 Å². The maximum atomic E-state index is 14.6. The van der Waals surface area contributed by atoms with Gasteiger partial charge in [0.05, 0.1) is 32.7 Å². The summed E-state index contributed by atoms with van der Waals surface area (Å²) in [5, 5.41) is 9.08. The van der Waals surface area contributed by atoms with Crippen LogP contribution in [0.3, 0.4) is 0 Å². The highest BCUT2D eigenvalue weighted by Crippen LogP contribution is 2.44. The number of anilines is 2. The quantitative estimate of drug-likeness (QED) is 0.0145. The fraction of sp³-hybridized carbons (Fsp3) is 0.526. The van der Waals surface area contributed by atoms with E-state index in [1.54, 1.807) is 33.3 Å². The lowest BCUT2D eigenvalue weighted by Gasteiger charge is -2.60. The number of unbranched alkanes of at least 4 members (excludes halogenated alkanes) is 1. The maximum absolute atomic E-state index is 14.6. The topological polar surface area (TPSA) is 231 Å². The van der Waals surface area contributed by atoms with Crippen LogP contribution in [0, 0.1) is 23.2 Å². The van der Waals surface area contributed by atoms with E-state index in [9.17, 15) is 62.8 Å². The average molecular weight is 1520 g/mol. The number of likely N-dealkylation sites (tertiary alicyclic amines) is 3. The van der Waals surface area contributed by atoms with Crippen molar-refractivity contribution in [3.05, 3.63) is 143 Å². The van der Waals surface area contributed by atoms with Crippen LogP contribution in [-0.2, 0) is 39.0 Å². The van der Waals surface area contributed by atoms with Crippen LogP contribution in [0.5, 0.6) is 0 Å². The summed E-state index contributed by atoms with van der Waals surface area (Å²) in [5.74, 6) is -1.76. The molecular weight excluding hydrogens is 1420 g/mol. The molecule has 5 aliphatic rings. The molecule has 0 bridgehead atoms. The normalized spacial score (nSPS) is 18.9. The third kappa shape index (κ3) is 19.9. The second kappa shape index (κ2) is 33.3. The zero-order chi connectivity index (χ0) is 75.1. The molecule has 5 heterocycles. The number of halogens is 5. The second-order valence-electron chi connectivity index (χ2n) is 30.5. The summed E-state index contributed by atoms with van der Waals surface area (Å²) < 4.78 is 127. The molecule has 10 rings (SSSR count). The molecule has 5 amide bonds. The van der Waals surface area contributed by atoms with Gasteiger partial charge in [0.25, 0.3) is 32.2 Å². The standard InChI is InChI=1S/C76H97F5N10O9S4/c1-50(69(77)78)20-21-56-42-74(7,8)34-32-57(56)43-87-37-39-89(40-38-87)59-28-26-55(27-29-59)70(94)86-104(99,100)61-30-31-62(64(41-61)103(97,98)76(79,80)81)84-58(44-101-60-15-10-9-11-16-60)33-36-88-45-75(46-88)47-90(48-75)66(93)19-13-12-18-65(92)85-68(73(4,5)6)72(96)91-35-14-17-63(91)71(95)83-51(2)53-22-24-54(25-23-53)67-52(3)82-49-102-67/h9-11,15-16,22-31,41,49,51,58,63,68-69,84H,1,12-14,17-21,32-40,42-48H2,2-8H3,(H,83,95)(H,85,92)(H,86,94)/t51-,58+,63-,68?/m0/s1. The van der Waals surface area contributed by atoms with Crippen LogP contribution in [-0.4, -0.2) is 179 Å². The molecule has 1 unspecified atom stereocenters. The number of nitrogens with one attached hydrogen (secondary N) is 4. The van der Waals surface area contributed by atoms with Gasteiger partial charge < -0.3 is 35.6 Å². The molecule has 19 nitrogen and oxygen atoms in total. The van der Waals surface area contributed by atoms with E-state index in [2.05, 4.69) is 56.1 Å². The number of thioether (sulfide) groups is 1. The van der Waals surface area contributed by atoms with E-state index >= 15 is 0 Å². The predicted octanol–water partition coefficient (Wildman–Crippen LogP) is 12.8. The Hall–Kier alpha value is -7.24. The van der Waals surface area contributed by atoms with Crippen molar-refractivity contribution >= 4 is 83.9 Å². The van der Waals surface area contributed by atoms with Crippen molar-refractivity contribution in [1.82, 2.24) is 39.9 Å². The SMILES string of the molecule is C=C(CCC1=C(CN2CCN(c3ccc(C(=O)NS(=O)(=O)c4ccc(N[C@H](CCN5CC6(C5)CN(C(=O)CCCCC(=O)NC(C(=O)N5CCC[C@H]5C(=O)N[C@@H](C)c5ccc(-c7scnc7C)cc5)C(C)(C)C)C6)CSc5ccccc5)c(S(=O)(=O)C(F)(F)F)c4)cc3)CC2)CCC(C)(C)C1)C(F)F. The van der Waals surface area contributed by atoms with Gasteiger partial charge in [-0.05, 0) is 160 Å². The number of amides is 5. The Kier molecular flexibility index (Phi) is 25.4. The van der Waals surface area contributed by atoms with E-state index in [-0.39, 0.29) is 76.7 Å². The number of alkyl halides is 5. The number of thiazole rings is 1. The number of sulfonamides is 1. The van der Waals surface area contributed by atoms with Crippen molar-refractivity contribution in [1.29, 1.82) is 0 Å². The number of piperazine rings is 1. The maximum Gasteiger partial charge on any atom is 0.501 e. The summed E-state index contributed by atoms with van der Waals surface area (Å²) in [5.41, 5.74) is 0.848. The molecule has 4 fully saturated rings. The molecule has 1 aliphatic carbocycles. The van der Waals surface area contributed by atoms with Gasteiger partial charge in [0.2, 0.25) is 23.6 Å². The first-order valence-corrected chi connectivity index (χ1v) is 40.5. The highest BCUT2D eigenvalue weighted by atomic mass is 32.2. The minimum atomic E-state index is -6.18. The molecule has 0 saturated carbocycles. The Morgan fingerprint density at radius 3 is 2.13 bits per heavy atom. The Morgan fingerprint density at radius 2 is 1.49 bits per heavy atom. The van der Waals surface area contributed by atoms with E-state index in [0.29, 0.717) is 110 Å². The first kappa shape index (κ1) is 79.3.